The number of benzene rings is 1. The van der Waals surface area contributed by atoms with E-state index in [0.29, 0.717) is 30.3 Å². The minimum atomic E-state index is -0.195. The number of hydrogen-bond acceptors (Lipinski definition) is 4. The van der Waals surface area contributed by atoms with Crippen molar-refractivity contribution in [2.24, 2.45) is 0 Å². The Bertz CT molecular complexity index is 405. The Balaban J connectivity index is 2.21. The van der Waals surface area contributed by atoms with E-state index in [4.69, 9.17) is 14.2 Å². The number of hydrogen-bond donors (Lipinski definition) is 1. The van der Waals surface area contributed by atoms with Crippen molar-refractivity contribution in [3.05, 3.63) is 23.8 Å². The van der Waals surface area contributed by atoms with Gasteiger partial charge in [0.05, 0.1) is 26.9 Å². The van der Waals surface area contributed by atoms with Crippen molar-refractivity contribution in [3.8, 4) is 11.5 Å². The fraction of sp³-hybridized carbons (Fsp3) is 0.462. The molecule has 1 saturated heterocycles. The highest BCUT2D eigenvalue weighted by atomic mass is 16.5. The van der Waals surface area contributed by atoms with Crippen molar-refractivity contribution >= 4 is 5.91 Å². The largest absolute Gasteiger partial charge is 0.496 e. The molecule has 2 rings (SSSR count). The van der Waals surface area contributed by atoms with E-state index in [9.17, 15) is 4.79 Å². The van der Waals surface area contributed by atoms with Gasteiger partial charge < -0.3 is 19.5 Å². The van der Waals surface area contributed by atoms with E-state index in [2.05, 4.69) is 5.32 Å². The maximum Gasteiger partial charge on any atom is 0.259 e. The van der Waals surface area contributed by atoms with Crippen LogP contribution in [0.1, 0.15) is 16.8 Å². The van der Waals surface area contributed by atoms with Crippen LogP contribution in [0.3, 0.4) is 0 Å². The van der Waals surface area contributed by atoms with Crippen LogP contribution < -0.4 is 14.8 Å². The molecule has 1 aliphatic rings. The molecule has 1 aliphatic heterocycles. The number of nitrogens with one attached hydrogen (secondary N) is 1. The van der Waals surface area contributed by atoms with Gasteiger partial charge >= 0.3 is 0 Å². The van der Waals surface area contributed by atoms with E-state index in [1.807, 2.05) is 0 Å². The van der Waals surface area contributed by atoms with Crippen LogP contribution in [0.15, 0.2) is 18.2 Å². The predicted molar refractivity (Wildman–Crippen MR) is 66.2 cm³/mol. The van der Waals surface area contributed by atoms with Crippen LogP contribution in [0.2, 0.25) is 0 Å². The zero-order valence-electron chi connectivity index (χ0n) is 10.6. The summed E-state index contributed by atoms with van der Waals surface area (Å²) in [7, 11) is 3.06. The van der Waals surface area contributed by atoms with E-state index in [1.54, 1.807) is 18.2 Å². The quantitative estimate of drug-likeness (QED) is 0.874. The van der Waals surface area contributed by atoms with Gasteiger partial charge in [0.15, 0.2) is 0 Å². The molecule has 1 unspecified atom stereocenters. The Hall–Kier alpha value is -1.75. The smallest absolute Gasteiger partial charge is 0.259 e. The molecule has 0 aliphatic carbocycles. The maximum atomic E-state index is 12.2. The van der Waals surface area contributed by atoms with Gasteiger partial charge in [-0.25, -0.2) is 0 Å². The van der Waals surface area contributed by atoms with Gasteiger partial charge in [0, 0.05) is 6.61 Å². The highest BCUT2D eigenvalue weighted by Gasteiger charge is 2.23. The number of amides is 1. The zero-order valence-corrected chi connectivity index (χ0v) is 10.6. The molecule has 0 aromatic heterocycles. The predicted octanol–water partition coefficient (Wildman–Crippen LogP) is 1.22. The first-order valence-corrected chi connectivity index (χ1v) is 5.86. The molecular weight excluding hydrogens is 234 g/mol. The summed E-state index contributed by atoms with van der Waals surface area (Å²) < 4.78 is 15.6. The van der Waals surface area contributed by atoms with Crippen LogP contribution in [0.5, 0.6) is 11.5 Å². The lowest BCUT2D eigenvalue weighted by molar-refractivity contribution is 0.0923. The minimum Gasteiger partial charge on any atom is -0.496 e. The summed E-state index contributed by atoms with van der Waals surface area (Å²) in [5.74, 6) is 0.816. The number of ether oxygens (including phenoxy) is 3. The fourth-order valence-electron chi connectivity index (χ4n) is 1.98. The van der Waals surface area contributed by atoms with E-state index in [0.717, 1.165) is 6.42 Å². The summed E-state index contributed by atoms with van der Waals surface area (Å²) in [6.07, 6.45) is 0.837. The first-order chi connectivity index (χ1) is 8.76. The molecule has 0 spiro atoms. The molecule has 0 radical (unpaired) electrons. The Kier molecular flexibility index (Phi) is 4.04. The van der Waals surface area contributed by atoms with Crippen molar-refractivity contribution in [1.29, 1.82) is 0 Å². The molecule has 1 N–H and O–H groups in total. The average molecular weight is 251 g/mol. The van der Waals surface area contributed by atoms with E-state index >= 15 is 0 Å². The molecule has 98 valence electrons. The van der Waals surface area contributed by atoms with Crippen LogP contribution in [0, 0.1) is 0 Å². The summed E-state index contributed by atoms with van der Waals surface area (Å²) in [5.41, 5.74) is 0.425. The van der Waals surface area contributed by atoms with Crippen LogP contribution in [-0.2, 0) is 4.74 Å². The van der Waals surface area contributed by atoms with Gasteiger partial charge in [-0.15, -0.1) is 0 Å². The molecule has 0 bridgehead atoms. The van der Waals surface area contributed by atoms with Crippen molar-refractivity contribution in [2.75, 3.05) is 27.4 Å². The average Bonchev–Trinajstić information content (AvgIpc) is 2.90. The standard InChI is InChI=1S/C13H17NO4/c1-16-10-4-3-5-11(17-2)12(10)13(15)14-9-6-7-18-8-9/h3-5,9H,6-8H2,1-2H3,(H,14,15). The third-order valence-corrected chi connectivity index (χ3v) is 2.92. The molecular formula is C13H17NO4. The molecule has 1 amide bonds. The summed E-state index contributed by atoms with van der Waals surface area (Å²) in [5, 5.41) is 2.92. The molecule has 18 heavy (non-hydrogen) atoms. The van der Waals surface area contributed by atoms with Crippen molar-refractivity contribution in [1.82, 2.24) is 5.32 Å². The van der Waals surface area contributed by atoms with Crippen LogP contribution in [-0.4, -0.2) is 39.4 Å². The molecule has 1 fully saturated rings. The monoisotopic (exact) mass is 251 g/mol. The third-order valence-electron chi connectivity index (χ3n) is 2.92. The summed E-state index contributed by atoms with van der Waals surface area (Å²) in [4.78, 5) is 12.2. The van der Waals surface area contributed by atoms with E-state index in [1.165, 1.54) is 14.2 Å². The van der Waals surface area contributed by atoms with Crippen LogP contribution >= 0.6 is 0 Å². The minimum absolute atomic E-state index is 0.0621. The first-order valence-electron chi connectivity index (χ1n) is 5.86. The van der Waals surface area contributed by atoms with E-state index in [-0.39, 0.29) is 11.9 Å². The molecule has 0 saturated carbocycles. The van der Waals surface area contributed by atoms with Gasteiger partial charge in [-0.3, -0.25) is 4.79 Å². The lowest BCUT2D eigenvalue weighted by atomic mass is 10.1. The second kappa shape index (κ2) is 5.73. The van der Waals surface area contributed by atoms with Gasteiger partial charge in [0.1, 0.15) is 17.1 Å². The summed E-state index contributed by atoms with van der Waals surface area (Å²) in [6.45, 7) is 1.25. The number of methoxy groups -OCH3 is 2. The normalized spacial score (nSPS) is 18.4. The SMILES string of the molecule is COc1cccc(OC)c1C(=O)NC1CCOC1. The zero-order chi connectivity index (χ0) is 13.0. The van der Waals surface area contributed by atoms with Gasteiger partial charge in [0.25, 0.3) is 5.91 Å². The van der Waals surface area contributed by atoms with Crippen LogP contribution in [0.4, 0.5) is 0 Å². The van der Waals surface area contributed by atoms with Gasteiger partial charge in [0.2, 0.25) is 0 Å². The molecule has 5 heteroatoms. The van der Waals surface area contributed by atoms with Crippen molar-refractivity contribution in [2.45, 2.75) is 12.5 Å². The molecule has 1 heterocycles. The molecule has 5 nitrogen and oxygen atoms in total. The molecule has 1 aromatic carbocycles. The van der Waals surface area contributed by atoms with Gasteiger partial charge in [-0.1, -0.05) is 6.07 Å². The fourth-order valence-corrected chi connectivity index (χ4v) is 1.98. The highest BCUT2D eigenvalue weighted by molar-refractivity contribution is 5.99. The number of carbonyl (C=O) groups is 1. The van der Waals surface area contributed by atoms with Gasteiger partial charge in [-0.2, -0.15) is 0 Å². The third kappa shape index (κ3) is 2.56. The highest BCUT2D eigenvalue weighted by Crippen LogP contribution is 2.28. The van der Waals surface area contributed by atoms with E-state index < -0.39 is 0 Å². The molecule has 1 atom stereocenters. The maximum absolute atomic E-state index is 12.2. The van der Waals surface area contributed by atoms with Gasteiger partial charge in [-0.05, 0) is 18.6 Å². The topological polar surface area (TPSA) is 56.8 Å². The first kappa shape index (κ1) is 12.7. The summed E-state index contributed by atoms with van der Waals surface area (Å²) >= 11 is 0. The van der Waals surface area contributed by atoms with Crippen molar-refractivity contribution in [3.63, 3.8) is 0 Å². The lowest BCUT2D eigenvalue weighted by Crippen LogP contribution is -2.35. The Morgan fingerprint density at radius 3 is 2.50 bits per heavy atom. The Morgan fingerprint density at radius 2 is 2.00 bits per heavy atom. The second-order valence-corrected chi connectivity index (χ2v) is 4.07. The van der Waals surface area contributed by atoms with Crippen LogP contribution in [0.25, 0.3) is 0 Å². The summed E-state index contributed by atoms with van der Waals surface area (Å²) in [6, 6.07) is 5.32. The Labute approximate surface area is 106 Å². The van der Waals surface area contributed by atoms with Crippen molar-refractivity contribution < 1.29 is 19.0 Å². The molecule has 1 aromatic rings. The lowest BCUT2D eigenvalue weighted by Gasteiger charge is -2.15. The number of rotatable bonds is 4. The number of carbonyl (C=O) groups excluding carboxylic acids is 1. The second-order valence-electron chi connectivity index (χ2n) is 4.07. The Morgan fingerprint density at radius 1 is 1.33 bits per heavy atom.